The van der Waals surface area contributed by atoms with Gasteiger partial charge in [-0.05, 0) is 25.8 Å². The van der Waals surface area contributed by atoms with Gasteiger partial charge in [-0.3, -0.25) is 9.98 Å². The van der Waals surface area contributed by atoms with Crippen LogP contribution in [-0.4, -0.2) is 31.6 Å². The quantitative estimate of drug-likeness (QED) is 0.833. The average Bonchev–Trinajstić information content (AvgIpc) is 2.58. The molecule has 0 saturated heterocycles. The largest absolute Gasteiger partial charge is 0.494 e. The van der Waals surface area contributed by atoms with Gasteiger partial charge in [0.15, 0.2) is 5.75 Å². The van der Waals surface area contributed by atoms with Gasteiger partial charge in [-0.25, -0.2) is 4.39 Å². The summed E-state index contributed by atoms with van der Waals surface area (Å²) in [5.41, 5.74) is 7.79. The van der Waals surface area contributed by atoms with E-state index in [0.29, 0.717) is 22.6 Å². The van der Waals surface area contributed by atoms with Gasteiger partial charge in [0.1, 0.15) is 5.82 Å². The van der Waals surface area contributed by atoms with Crippen LogP contribution in [-0.2, 0) is 0 Å². The van der Waals surface area contributed by atoms with Crippen LogP contribution in [0.2, 0.25) is 0 Å². The molecule has 0 radical (unpaired) electrons. The number of nitrogens with two attached hydrogens (primary N) is 1. The lowest BCUT2D eigenvalue weighted by molar-refractivity contribution is 0.414. The molecule has 1 unspecified atom stereocenters. The monoisotopic (exact) mass is 263 g/mol. The third-order valence-electron chi connectivity index (χ3n) is 3.21. The van der Waals surface area contributed by atoms with Gasteiger partial charge in [0.2, 0.25) is 0 Å². The maximum absolute atomic E-state index is 13.9. The summed E-state index contributed by atoms with van der Waals surface area (Å²) in [7, 11) is 1.52. The maximum atomic E-state index is 13.9. The summed E-state index contributed by atoms with van der Waals surface area (Å²) < 4.78 is 19.2. The normalized spacial score (nSPS) is 18.9. The number of hydrogen-bond donors (Lipinski definition) is 1. The summed E-state index contributed by atoms with van der Waals surface area (Å²) >= 11 is 0. The van der Waals surface area contributed by atoms with Crippen molar-refractivity contribution < 1.29 is 9.13 Å². The predicted molar refractivity (Wildman–Crippen MR) is 76.1 cm³/mol. The topological polar surface area (TPSA) is 60.0 Å². The fourth-order valence-electron chi connectivity index (χ4n) is 2.15. The fourth-order valence-corrected chi connectivity index (χ4v) is 2.15. The van der Waals surface area contributed by atoms with Crippen LogP contribution in [0.15, 0.2) is 16.1 Å². The van der Waals surface area contributed by atoms with Gasteiger partial charge in [0.05, 0.1) is 24.1 Å². The zero-order chi connectivity index (χ0) is 14.0. The number of rotatable bonds is 2. The van der Waals surface area contributed by atoms with Crippen molar-refractivity contribution in [1.29, 1.82) is 0 Å². The molecule has 1 aliphatic rings. The molecule has 19 heavy (non-hydrogen) atoms. The molecular formula is C14H18FN3O. The molecule has 0 saturated carbocycles. The number of nitrogen functional groups attached to an aromatic ring is 1. The molecule has 5 heteroatoms. The van der Waals surface area contributed by atoms with Gasteiger partial charge in [0.25, 0.3) is 0 Å². The molecule has 1 aliphatic heterocycles. The van der Waals surface area contributed by atoms with Crippen molar-refractivity contribution in [3.05, 3.63) is 23.0 Å². The number of halogens is 1. The summed E-state index contributed by atoms with van der Waals surface area (Å²) in [4.78, 5) is 8.84. The minimum Gasteiger partial charge on any atom is -0.494 e. The van der Waals surface area contributed by atoms with Crippen molar-refractivity contribution in [1.82, 2.24) is 0 Å². The van der Waals surface area contributed by atoms with E-state index in [1.165, 1.54) is 13.2 Å². The molecule has 2 N–H and O–H groups in total. The van der Waals surface area contributed by atoms with Crippen molar-refractivity contribution >= 4 is 17.6 Å². The Morgan fingerprint density at radius 2 is 2.21 bits per heavy atom. The van der Waals surface area contributed by atoms with Crippen LogP contribution in [0.5, 0.6) is 5.75 Å². The zero-order valence-electron chi connectivity index (χ0n) is 11.4. The second-order valence-electron chi connectivity index (χ2n) is 4.67. The van der Waals surface area contributed by atoms with E-state index in [2.05, 4.69) is 9.98 Å². The molecule has 0 fully saturated rings. The molecule has 0 spiro atoms. The number of benzene rings is 1. The van der Waals surface area contributed by atoms with Crippen molar-refractivity contribution in [2.75, 3.05) is 19.4 Å². The predicted octanol–water partition coefficient (Wildman–Crippen LogP) is 2.38. The Morgan fingerprint density at radius 1 is 1.47 bits per heavy atom. The molecule has 2 rings (SSSR count). The maximum Gasteiger partial charge on any atom is 0.151 e. The van der Waals surface area contributed by atoms with Gasteiger partial charge < -0.3 is 10.5 Å². The lowest BCUT2D eigenvalue weighted by Gasteiger charge is -2.15. The second kappa shape index (κ2) is 5.38. The van der Waals surface area contributed by atoms with Gasteiger partial charge in [-0.15, -0.1) is 0 Å². The molecule has 0 aliphatic carbocycles. The number of hydrogen-bond acceptors (Lipinski definition) is 4. The summed E-state index contributed by atoms with van der Waals surface area (Å²) in [5, 5.41) is 0. The Labute approximate surface area is 112 Å². The minimum absolute atomic E-state index is 0.145. The van der Waals surface area contributed by atoms with E-state index in [4.69, 9.17) is 10.5 Å². The number of methoxy groups -OCH3 is 1. The Hall–Kier alpha value is -1.91. The Balaban J connectivity index is 2.66. The molecule has 1 aromatic rings. The first-order valence-electron chi connectivity index (χ1n) is 6.25. The number of aliphatic imine (C=N–C) groups is 2. The van der Waals surface area contributed by atoms with Crippen molar-refractivity contribution in [3.63, 3.8) is 0 Å². The van der Waals surface area contributed by atoms with Crippen LogP contribution < -0.4 is 10.5 Å². The van der Waals surface area contributed by atoms with E-state index in [9.17, 15) is 4.39 Å². The standard InChI is InChI=1S/C14H18FN3O/c1-8-4-5-17-7-12(18-8)13-9(2)10(15)6-11(16)14(13)19-3/h6-8H,4-5,16H2,1-3H3. The zero-order valence-corrected chi connectivity index (χ0v) is 11.4. The number of ether oxygens (including phenoxy) is 1. The van der Waals surface area contributed by atoms with Gasteiger partial charge >= 0.3 is 0 Å². The van der Waals surface area contributed by atoms with Crippen molar-refractivity contribution in [2.24, 2.45) is 9.98 Å². The highest BCUT2D eigenvalue weighted by atomic mass is 19.1. The molecule has 1 heterocycles. The molecule has 4 nitrogen and oxygen atoms in total. The minimum atomic E-state index is -0.360. The van der Waals surface area contributed by atoms with Crippen LogP contribution in [0.25, 0.3) is 0 Å². The number of anilines is 1. The third-order valence-corrected chi connectivity index (χ3v) is 3.21. The lowest BCUT2D eigenvalue weighted by Crippen LogP contribution is -2.12. The molecule has 0 bridgehead atoms. The van der Waals surface area contributed by atoms with E-state index in [1.54, 1.807) is 13.1 Å². The van der Waals surface area contributed by atoms with E-state index in [-0.39, 0.29) is 17.5 Å². The highest BCUT2D eigenvalue weighted by Gasteiger charge is 2.20. The Bertz CT molecular complexity index is 552. The molecular weight excluding hydrogens is 245 g/mol. The molecule has 0 amide bonds. The summed E-state index contributed by atoms with van der Waals surface area (Å²) in [6, 6.07) is 1.42. The summed E-state index contributed by atoms with van der Waals surface area (Å²) in [6.07, 6.45) is 2.55. The first kappa shape index (κ1) is 13.5. The van der Waals surface area contributed by atoms with E-state index in [1.807, 2.05) is 6.92 Å². The van der Waals surface area contributed by atoms with E-state index < -0.39 is 0 Å². The van der Waals surface area contributed by atoms with Gasteiger partial charge in [-0.2, -0.15) is 0 Å². The highest BCUT2D eigenvalue weighted by molar-refractivity contribution is 6.39. The first-order valence-corrected chi connectivity index (χ1v) is 6.25. The third kappa shape index (κ3) is 2.59. The van der Waals surface area contributed by atoms with E-state index in [0.717, 1.165) is 13.0 Å². The van der Waals surface area contributed by atoms with Crippen LogP contribution >= 0.6 is 0 Å². The van der Waals surface area contributed by atoms with Crippen LogP contribution in [0, 0.1) is 12.7 Å². The second-order valence-corrected chi connectivity index (χ2v) is 4.67. The molecule has 1 atom stereocenters. The summed E-state index contributed by atoms with van der Waals surface area (Å²) in [6.45, 7) is 4.43. The Morgan fingerprint density at radius 3 is 2.89 bits per heavy atom. The van der Waals surface area contributed by atoms with Crippen molar-refractivity contribution in [2.45, 2.75) is 26.3 Å². The highest BCUT2D eigenvalue weighted by Crippen LogP contribution is 2.32. The van der Waals surface area contributed by atoms with Crippen LogP contribution in [0.1, 0.15) is 24.5 Å². The van der Waals surface area contributed by atoms with E-state index >= 15 is 0 Å². The van der Waals surface area contributed by atoms with Gasteiger partial charge in [0, 0.05) is 24.9 Å². The van der Waals surface area contributed by atoms with Crippen LogP contribution in [0.3, 0.4) is 0 Å². The first-order chi connectivity index (χ1) is 9.04. The van der Waals surface area contributed by atoms with Crippen LogP contribution in [0.4, 0.5) is 10.1 Å². The molecule has 102 valence electrons. The molecule has 0 aromatic heterocycles. The van der Waals surface area contributed by atoms with Gasteiger partial charge in [-0.1, -0.05) is 0 Å². The smallest absolute Gasteiger partial charge is 0.151 e. The molecule has 1 aromatic carbocycles. The fraction of sp³-hybridized carbons (Fsp3) is 0.429. The SMILES string of the molecule is COc1c(N)cc(F)c(C)c1C1=NC(C)CCN=C1. The van der Waals surface area contributed by atoms with Crippen molar-refractivity contribution in [3.8, 4) is 5.75 Å². The Kier molecular flexibility index (Phi) is 3.83. The lowest BCUT2D eigenvalue weighted by atomic mass is 10.0. The summed E-state index contributed by atoms with van der Waals surface area (Å²) in [5.74, 6) is 0.0968. The number of nitrogens with zero attached hydrogens (tertiary/aromatic N) is 2. The average molecular weight is 263 g/mol.